The summed E-state index contributed by atoms with van der Waals surface area (Å²) in [6.07, 6.45) is 1.51. The standard InChI is InChI=1S/C20H18FN3O2/c1-26-17-7-4-6-15(12-17)23-19-10-9-16(13-22-19)24-20(25)11-14-5-2-3-8-18(14)21/h2-10,12-13H,11H2,1H3,(H,22,23)(H,24,25). The van der Waals surface area contributed by atoms with Crippen molar-refractivity contribution in [3.63, 3.8) is 0 Å². The van der Waals surface area contributed by atoms with Crippen molar-refractivity contribution in [2.45, 2.75) is 6.42 Å². The molecule has 1 heterocycles. The predicted molar refractivity (Wildman–Crippen MR) is 99.2 cm³/mol. The van der Waals surface area contributed by atoms with Crippen LogP contribution in [0.25, 0.3) is 0 Å². The lowest BCUT2D eigenvalue weighted by molar-refractivity contribution is -0.115. The van der Waals surface area contributed by atoms with E-state index in [0.29, 0.717) is 17.1 Å². The van der Waals surface area contributed by atoms with Gasteiger partial charge in [0, 0.05) is 11.8 Å². The molecular weight excluding hydrogens is 333 g/mol. The van der Waals surface area contributed by atoms with Gasteiger partial charge in [-0.05, 0) is 35.9 Å². The Morgan fingerprint density at radius 1 is 1.08 bits per heavy atom. The number of benzene rings is 2. The van der Waals surface area contributed by atoms with Gasteiger partial charge in [0.15, 0.2) is 0 Å². The Hall–Kier alpha value is -3.41. The Balaban J connectivity index is 1.60. The largest absolute Gasteiger partial charge is 0.497 e. The smallest absolute Gasteiger partial charge is 0.228 e. The van der Waals surface area contributed by atoms with Crippen molar-refractivity contribution < 1.29 is 13.9 Å². The molecule has 3 rings (SSSR count). The van der Waals surface area contributed by atoms with Gasteiger partial charge in [0.1, 0.15) is 17.4 Å². The van der Waals surface area contributed by atoms with Crippen molar-refractivity contribution >= 4 is 23.1 Å². The van der Waals surface area contributed by atoms with Crippen LogP contribution in [0.3, 0.4) is 0 Å². The second-order valence-corrected chi connectivity index (χ2v) is 5.61. The SMILES string of the molecule is COc1cccc(Nc2ccc(NC(=O)Cc3ccccc3F)cn2)c1. The predicted octanol–water partition coefficient (Wildman–Crippen LogP) is 4.15. The highest BCUT2D eigenvalue weighted by Crippen LogP contribution is 2.21. The van der Waals surface area contributed by atoms with Gasteiger partial charge in [0.2, 0.25) is 5.91 Å². The zero-order chi connectivity index (χ0) is 18.4. The van der Waals surface area contributed by atoms with E-state index in [1.807, 2.05) is 24.3 Å². The number of carbonyl (C=O) groups is 1. The number of carbonyl (C=O) groups excluding carboxylic acids is 1. The highest BCUT2D eigenvalue weighted by molar-refractivity contribution is 5.92. The number of hydrogen-bond acceptors (Lipinski definition) is 4. The van der Waals surface area contributed by atoms with Crippen LogP contribution in [-0.2, 0) is 11.2 Å². The van der Waals surface area contributed by atoms with Crippen molar-refractivity contribution in [2.24, 2.45) is 0 Å². The Morgan fingerprint density at radius 3 is 2.65 bits per heavy atom. The fourth-order valence-electron chi connectivity index (χ4n) is 2.41. The van der Waals surface area contributed by atoms with E-state index in [0.717, 1.165) is 11.4 Å². The summed E-state index contributed by atoms with van der Waals surface area (Å²) < 4.78 is 18.8. The van der Waals surface area contributed by atoms with Crippen LogP contribution in [0.1, 0.15) is 5.56 Å². The van der Waals surface area contributed by atoms with Crippen LogP contribution in [0, 0.1) is 5.82 Å². The highest BCUT2D eigenvalue weighted by Gasteiger charge is 2.08. The van der Waals surface area contributed by atoms with E-state index in [1.165, 1.54) is 6.07 Å². The van der Waals surface area contributed by atoms with E-state index in [2.05, 4.69) is 15.6 Å². The molecule has 2 N–H and O–H groups in total. The number of ether oxygens (including phenoxy) is 1. The summed E-state index contributed by atoms with van der Waals surface area (Å²) in [6, 6.07) is 17.2. The normalized spacial score (nSPS) is 10.2. The third-order valence-electron chi connectivity index (χ3n) is 3.70. The molecule has 0 saturated heterocycles. The molecule has 0 spiro atoms. The Bertz CT molecular complexity index is 898. The average Bonchev–Trinajstić information content (AvgIpc) is 2.65. The van der Waals surface area contributed by atoms with E-state index >= 15 is 0 Å². The summed E-state index contributed by atoms with van der Waals surface area (Å²) in [5.74, 6) is 0.682. The van der Waals surface area contributed by atoms with Gasteiger partial charge in [-0.2, -0.15) is 0 Å². The molecule has 0 bridgehead atoms. The van der Waals surface area contributed by atoms with E-state index < -0.39 is 5.82 Å². The van der Waals surface area contributed by atoms with Crippen molar-refractivity contribution in [1.29, 1.82) is 0 Å². The van der Waals surface area contributed by atoms with Crippen LogP contribution in [0.15, 0.2) is 66.9 Å². The maximum absolute atomic E-state index is 13.6. The fourth-order valence-corrected chi connectivity index (χ4v) is 2.41. The number of rotatable bonds is 6. The Kier molecular flexibility index (Phi) is 5.43. The maximum atomic E-state index is 13.6. The number of methoxy groups -OCH3 is 1. The van der Waals surface area contributed by atoms with Crippen LogP contribution in [0.2, 0.25) is 0 Å². The summed E-state index contributed by atoms with van der Waals surface area (Å²) in [5, 5.41) is 5.86. The van der Waals surface area contributed by atoms with Gasteiger partial charge in [0.05, 0.1) is 25.4 Å². The molecule has 3 aromatic rings. The zero-order valence-electron chi connectivity index (χ0n) is 14.2. The Labute approximate surface area is 150 Å². The summed E-state index contributed by atoms with van der Waals surface area (Å²) in [4.78, 5) is 16.3. The van der Waals surface area contributed by atoms with Gasteiger partial charge in [0.25, 0.3) is 0 Å². The number of nitrogens with one attached hydrogen (secondary N) is 2. The number of amides is 1. The van der Waals surface area contributed by atoms with E-state index in [-0.39, 0.29) is 12.3 Å². The highest BCUT2D eigenvalue weighted by atomic mass is 19.1. The molecule has 0 radical (unpaired) electrons. The van der Waals surface area contributed by atoms with Gasteiger partial charge in [-0.3, -0.25) is 4.79 Å². The number of hydrogen-bond donors (Lipinski definition) is 2. The lowest BCUT2D eigenvalue weighted by Gasteiger charge is -2.09. The van der Waals surface area contributed by atoms with Crippen LogP contribution >= 0.6 is 0 Å². The van der Waals surface area contributed by atoms with Gasteiger partial charge >= 0.3 is 0 Å². The monoisotopic (exact) mass is 351 g/mol. The molecule has 0 aliphatic carbocycles. The second kappa shape index (κ2) is 8.11. The average molecular weight is 351 g/mol. The van der Waals surface area contributed by atoms with E-state index in [9.17, 15) is 9.18 Å². The maximum Gasteiger partial charge on any atom is 0.228 e. The number of nitrogens with zero attached hydrogens (tertiary/aromatic N) is 1. The van der Waals surface area contributed by atoms with Gasteiger partial charge in [-0.1, -0.05) is 24.3 Å². The lowest BCUT2D eigenvalue weighted by Crippen LogP contribution is -2.15. The van der Waals surface area contributed by atoms with Crippen LogP contribution < -0.4 is 15.4 Å². The Morgan fingerprint density at radius 2 is 1.92 bits per heavy atom. The third-order valence-corrected chi connectivity index (χ3v) is 3.70. The molecule has 0 aliphatic rings. The van der Waals surface area contributed by atoms with Crippen LogP contribution in [0.4, 0.5) is 21.6 Å². The minimum Gasteiger partial charge on any atom is -0.497 e. The molecule has 2 aromatic carbocycles. The van der Waals surface area contributed by atoms with Crippen LogP contribution in [0.5, 0.6) is 5.75 Å². The second-order valence-electron chi connectivity index (χ2n) is 5.61. The summed E-state index contributed by atoms with van der Waals surface area (Å²) in [7, 11) is 1.61. The van der Waals surface area contributed by atoms with E-state index in [4.69, 9.17) is 4.74 Å². The number of halogens is 1. The quantitative estimate of drug-likeness (QED) is 0.700. The zero-order valence-corrected chi connectivity index (χ0v) is 14.2. The topological polar surface area (TPSA) is 63.2 Å². The minimum absolute atomic E-state index is 0.0313. The molecule has 0 saturated carbocycles. The minimum atomic E-state index is -0.390. The van der Waals surface area contributed by atoms with Crippen molar-refractivity contribution in [3.8, 4) is 5.75 Å². The van der Waals surface area contributed by atoms with Crippen LogP contribution in [-0.4, -0.2) is 18.0 Å². The molecule has 6 heteroatoms. The molecule has 5 nitrogen and oxygen atoms in total. The first kappa shape index (κ1) is 17.4. The van der Waals surface area contributed by atoms with Crippen molar-refractivity contribution in [1.82, 2.24) is 4.98 Å². The summed E-state index contributed by atoms with van der Waals surface area (Å²) >= 11 is 0. The van der Waals surface area contributed by atoms with Gasteiger partial charge < -0.3 is 15.4 Å². The number of pyridine rings is 1. The third kappa shape index (κ3) is 4.57. The molecule has 26 heavy (non-hydrogen) atoms. The number of aromatic nitrogens is 1. The molecule has 1 amide bonds. The molecular formula is C20H18FN3O2. The first-order valence-electron chi connectivity index (χ1n) is 8.04. The first-order chi connectivity index (χ1) is 12.6. The van der Waals surface area contributed by atoms with Crippen molar-refractivity contribution in [2.75, 3.05) is 17.7 Å². The molecule has 0 aliphatic heterocycles. The number of anilines is 3. The van der Waals surface area contributed by atoms with E-state index in [1.54, 1.807) is 43.6 Å². The van der Waals surface area contributed by atoms with Crippen molar-refractivity contribution in [3.05, 3.63) is 78.2 Å². The van der Waals surface area contributed by atoms with Gasteiger partial charge in [-0.25, -0.2) is 9.37 Å². The molecule has 0 unspecified atom stereocenters. The molecule has 1 aromatic heterocycles. The summed E-state index contributed by atoms with van der Waals surface area (Å²) in [6.45, 7) is 0. The summed E-state index contributed by atoms with van der Waals surface area (Å²) in [5.41, 5.74) is 1.74. The van der Waals surface area contributed by atoms with Gasteiger partial charge in [-0.15, -0.1) is 0 Å². The fraction of sp³-hybridized carbons (Fsp3) is 0.100. The first-order valence-corrected chi connectivity index (χ1v) is 8.04. The molecule has 0 fully saturated rings. The molecule has 132 valence electrons. The molecule has 0 atom stereocenters. The lowest BCUT2D eigenvalue weighted by atomic mass is 10.1.